The van der Waals surface area contributed by atoms with Crippen molar-refractivity contribution < 1.29 is 4.79 Å². The van der Waals surface area contributed by atoms with Gasteiger partial charge >= 0.3 is 0 Å². The highest BCUT2D eigenvalue weighted by molar-refractivity contribution is 7.13. The smallest absolute Gasteiger partial charge is 0.256 e. The number of rotatable bonds is 4. The number of amides is 1. The van der Waals surface area contributed by atoms with Crippen molar-refractivity contribution in [2.24, 2.45) is 0 Å². The molecule has 0 saturated heterocycles. The number of nitrogens with one attached hydrogen (secondary N) is 2. The highest BCUT2D eigenvalue weighted by Crippen LogP contribution is 2.27. The number of halogens is 1. The molecule has 29 heavy (non-hydrogen) atoms. The lowest BCUT2D eigenvalue weighted by molar-refractivity contribution is 0.102. The number of carbonyl (C=O) groups excluding carboxylic acids is 1. The molecule has 0 bridgehead atoms. The van der Waals surface area contributed by atoms with Gasteiger partial charge in [0.2, 0.25) is 5.95 Å². The standard InChI is InChI=1S/C20H16ClN5O2S/c1-11-12(2)22-20(24-18(11)27)26-17(10-15(25-26)16-4-3-9-29-16)23-19(28)13-5-7-14(21)8-6-13/h3-10H,1-2H3,(H,23,28)(H,22,24,27). The number of anilines is 1. The Morgan fingerprint density at radius 2 is 1.97 bits per heavy atom. The summed E-state index contributed by atoms with van der Waals surface area (Å²) in [5.41, 5.74) is 1.97. The second-order valence-electron chi connectivity index (χ2n) is 6.36. The number of hydrogen-bond acceptors (Lipinski definition) is 5. The first kappa shape index (κ1) is 19.1. The van der Waals surface area contributed by atoms with Gasteiger partial charge in [-0.2, -0.15) is 9.78 Å². The van der Waals surface area contributed by atoms with Crippen molar-refractivity contribution in [2.45, 2.75) is 13.8 Å². The van der Waals surface area contributed by atoms with E-state index < -0.39 is 0 Å². The van der Waals surface area contributed by atoms with E-state index in [-0.39, 0.29) is 17.4 Å². The Balaban J connectivity index is 1.78. The van der Waals surface area contributed by atoms with Crippen LogP contribution < -0.4 is 10.9 Å². The average molecular weight is 426 g/mol. The fourth-order valence-electron chi connectivity index (χ4n) is 2.70. The number of aromatic amines is 1. The number of hydrogen-bond donors (Lipinski definition) is 2. The van der Waals surface area contributed by atoms with Crippen LogP contribution in [-0.4, -0.2) is 25.7 Å². The molecule has 0 unspecified atom stereocenters. The summed E-state index contributed by atoms with van der Waals surface area (Å²) in [4.78, 5) is 33.0. The van der Waals surface area contributed by atoms with Gasteiger partial charge in [0.1, 0.15) is 11.5 Å². The van der Waals surface area contributed by atoms with Gasteiger partial charge in [-0.15, -0.1) is 11.3 Å². The normalized spacial score (nSPS) is 10.9. The molecule has 3 heterocycles. The first-order chi connectivity index (χ1) is 13.9. The molecule has 1 amide bonds. The van der Waals surface area contributed by atoms with Gasteiger partial charge in [0.15, 0.2) is 0 Å². The number of thiophene rings is 1. The van der Waals surface area contributed by atoms with Crippen LogP contribution in [0.5, 0.6) is 0 Å². The zero-order chi connectivity index (χ0) is 20.5. The zero-order valence-electron chi connectivity index (χ0n) is 15.6. The minimum atomic E-state index is -0.327. The van der Waals surface area contributed by atoms with E-state index in [0.29, 0.717) is 33.4 Å². The number of H-pyrrole nitrogens is 1. The second kappa shape index (κ2) is 7.65. The van der Waals surface area contributed by atoms with Gasteiger partial charge in [0, 0.05) is 27.9 Å². The predicted octanol–water partition coefficient (Wildman–Crippen LogP) is 4.21. The lowest BCUT2D eigenvalue weighted by Crippen LogP contribution is -2.20. The van der Waals surface area contributed by atoms with Crippen LogP contribution in [0.3, 0.4) is 0 Å². The number of aryl methyl sites for hydroxylation is 1. The van der Waals surface area contributed by atoms with E-state index in [1.165, 1.54) is 16.0 Å². The Hall–Kier alpha value is -3.23. The van der Waals surface area contributed by atoms with Gasteiger partial charge in [-0.05, 0) is 49.6 Å². The molecule has 146 valence electrons. The summed E-state index contributed by atoms with van der Waals surface area (Å²) >= 11 is 7.42. The first-order valence-electron chi connectivity index (χ1n) is 8.71. The molecule has 0 radical (unpaired) electrons. The molecule has 1 aromatic carbocycles. The fourth-order valence-corrected chi connectivity index (χ4v) is 3.50. The highest BCUT2D eigenvalue weighted by atomic mass is 35.5. The van der Waals surface area contributed by atoms with Crippen LogP contribution in [0.1, 0.15) is 21.6 Å². The summed E-state index contributed by atoms with van der Waals surface area (Å²) in [6.07, 6.45) is 0. The third-order valence-corrected chi connectivity index (χ3v) is 5.56. The molecule has 0 saturated carbocycles. The van der Waals surface area contributed by atoms with E-state index in [4.69, 9.17) is 11.6 Å². The summed E-state index contributed by atoms with van der Waals surface area (Å²) in [6, 6.07) is 12.2. The maximum absolute atomic E-state index is 12.7. The molecule has 9 heteroatoms. The molecule has 0 aliphatic heterocycles. The van der Waals surface area contributed by atoms with Crippen LogP contribution in [0, 0.1) is 13.8 Å². The Bertz CT molecular complexity index is 1240. The average Bonchev–Trinajstić information content (AvgIpc) is 3.36. The van der Waals surface area contributed by atoms with Gasteiger partial charge in [-0.3, -0.25) is 14.6 Å². The summed E-state index contributed by atoms with van der Waals surface area (Å²) < 4.78 is 1.43. The lowest BCUT2D eigenvalue weighted by Gasteiger charge is -2.09. The molecule has 7 nitrogen and oxygen atoms in total. The Morgan fingerprint density at radius 3 is 2.62 bits per heavy atom. The van der Waals surface area contributed by atoms with Crippen LogP contribution in [0.15, 0.2) is 52.6 Å². The van der Waals surface area contributed by atoms with Crippen LogP contribution in [-0.2, 0) is 0 Å². The molecule has 0 aliphatic carbocycles. The first-order valence-corrected chi connectivity index (χ1v) is 9.97. The van der Waals surface area contributed by atoms with Crippen molar-refractivity contribution in [1.82, 2.24) is 19.7 Å². The Kier molecular flexibility index (Phi) is 5.04. The maximum Gasteiger partial charge on any atom is 0.256 e. The number of carbonyl (C=O) groups is 1. The molecule has 4 aromatic rings. The van der Waals surface area contributed by atoms with Gasteiger partial charge in [0.05, 0.1) is 4.88 Å². The quantitative estimate of drug-likeness (QED) is 0.512. The number of aromatic nitrogens is 4. The molecule has 3 aromatic heterocycles. The van der Waals surface area contributed by atoms with Gasteiger partial charge in [-0.25, -0.2) is 4.98 Å². The SMILES string of the molecule is Cc1nc(-n2nc(-c3cccs3)cc2NC(=O)c2ccc(Cl)cc2)[nH]c(=O)c1C. The lowest BCUT2D eigenvalue weighted by atomic mass is 10.2. The molecule has 2 N–H and O–H groups in total. The maximum atomic E-state index is 12.7. The van der Waals surface area contributed by atoms with E-state index in [0.717, 1.165) is 4.88 Å². The van der Waals surface area contributed by atoms with E-state index in [1.807, 2.05) is 17.5 Å². The molecule has 0 atom stereocenters. The summed E-state index contributed by atoms with van der Waals surface area (Å²) in [6.45, 7) is 3.46. The topological polar surface area (TPSA) is 92.7 Å². The minimum absolute atomic E-state index is 0.229. The van der Waals surface area contributed by atoms with Gasteiger partial charge in [-0.1, -0.05) is 17.7 Å². The Labute approximate surface area is 175 Å². The molecular weight excluding hydrogens is 410 g/mol. The zero-order valence-corrected chi connectivity index (χ0v) is 17.1. The van der Waals surface area contributed by atoms with Gasteiger partial charge < -0.3 is 5.32 Å². The van der Waals surface area contributed by atoms with Crippen molar-refractivity contribution in [3.8, 4) is 16.5 Å². The van der Waals surface area contributed by atoms with Crippen LogP contribution in [0.25, 0.3) is 16.5 Å². The second-order valence-corrected chi connectivity index (χ2v) is 7.75. The van der Waals surface area contributed by atoms with E-state index >= 15 is 0 Å². The van der Waals surface area contributed by atoms with Gasteiger partial charge in [0.25, 0.3) is 11.5 Å². The summed E-state index contributed by atoms with van der Waals surface area (Å²) in [7, 11) is 0. The van der Waals surface area contributed by atoms with Crippen molar-refractivity contribution in [2.75, 3.05) is 5.32 Å². The largest absolute Gasteiger partial charge is 0.306 e. The van der Waals surface area contributed by atoms with Crippen molar-refractivity contribution in [1.29, 1.82) is 0 Å². The van der Waals surface area contributed by atoms with E-state index in [9.17, 15) is 9.59 Å². The monoisotopic (exact) mass is 425 g/mol. The van der Waals surface area contributed by atoms with Crippen molar-refractivity contribution >= 4 is 34.7 Å². The third kappa shape index (κ3) is 3.85. The molecular formula is C20H16ClN5O2S. The summed E-state index contributed by atoms with van der Waals surface area (Å²) in [5.74, 6) is 0.291. The predicted molar refractivity (Wildman–Crippen MR) is 114 cm³/mol. The summed E-state index contributed by atoms with van der Waals surface area (Å²) in [5, 5.41) is 9.88. The van der Waals surface area contributed by atoms with Crippen LogP contribution >= 0.6 is 22.9 Å². The minimum Gasteiger partial charge on any atom is -0.306 e. The van der Waals surface area contributed by atoms with E-state index in [1.54, 1.807) is 44.2 Å². The number of nitrogens with zero attached hydrogens (tertiary/aromatic N) is 3. The highest BCUT2D eigenvalue weighted by Gasteiger charge is 2.17. The molecule has 0 spiro atoms. The molecule has 4 rings (SSSR count). The van der Waals surface area contributed by atoms with Crippen LogP contribution in [0.4, 0.5) is 5.82 Å². The molecule has 0 fully saturated rings. The third-order valence-electron chi connectivity index (χ3n) is 4.41. The van der Waals surface area contributed by atoms with E-state index in [2.05, 4.69) is 20.4 Å². The number of benzene rings is 1. The van der Waals surface area contributed by atoms with Crippen molar-refractivity contribution in [3.05, 3.63) is 80.0 Å². The fraction of sp³-hybridized carbons (Fsp3) is 0.100. The molecule has 0 aliphatic rings. The Morgan fingerprint density at radius 1 is 1.21 bits per heavy atom. The van der Waals surface area contributed by atoms with Crippen LogP contribution in [0.2, 0.25) is 5.02 Å². The van der Waals surface area contributed by atoms with Crippen molar-refractivity contribution in [3.63, 3.8) is 0 Å².